The lowest BCUT2D eigenvalue weighted by atomic mass is 9.93. The zero-order valence-electron chi connectivity index (χ0n) is 12.8. The molecule has 2 saturated heterocycles. The van der Waals surface area contributed by atoms with Gasteiger partial charge in [-0.2, -0.15) is 10.1 Å². The van der Waals surface area contributed by atoms with Crippen molar-refractivity contribution < 1.29 is 9.53 Å². The second-order valence-corrected chi connectivity index (χ2v) is 6.58. The Bertz CT molecular complexity index is 506. The van der Waals surface area contributed by atoms with Gasteiger partial charge in [0, 0.05) is 45.3 Å². The van der Waals surface area contributed by atoms with Crippen LogP contribution >= 0.6 is 0 Å². The van der Waals surface area contributed by atoms with Crippen LogP contribution in [0.15, 0.2) is 6.33 Å². The number of H-pyrrole nitrogens is 1. The fraction of sp³-hybridized carbons (Fsp3) is 0.800. The van der Waals surface area contributed by atoms with Crippen LogP contribution in [0.4, 0.5) is 5.95 Å². The maximum Gasteiger partial charge on any atom is 0.226 e. The molecule has 1 N–H and O–H groups in total. The summed E-state index contributed by atoms with van der Waals surface area (Å²) in [5.74, 6) is 2.77. The first-order chi connectivity index (χ1) is 10.8. The standard InChI is InChI=1S/C15H23N5O2/c21-14(13-9-12(13)11-1-7-22-8-2-11)19-3-5-20(6-4-19)15-16-10-17-18-15/h10-13H,1-9H2,(H,16,17,18)/t12-,13+/m0/s1. The Morgan fingerprint density at radius 1 is 1.23 bits per heavy atom. The Balaban J connectivity index is 1.28. The molecule has 2 aliphatic heterocycles. The number of amides is 1. The highest BCUT2D eigenvalue weighted by Crippen LogP contribution is 2.48. The molecule has 1 saturated carbocycles. The number of piperazine rings is 1. The van der Waals surface area contributed by atoms with Gasteiger partial charge in [-0.15, -0.1) is 0 Å². The van der Waals surface area contributed by atoms with E-state index in [0.29, 0.717) is 17.7 Å². The van der Waals surface area contributed by atoms with Crippen LogP contribution in [-0.4, -0.2) is 65.4 Å². The van der Waals surface area contributed by atoms with Gasteiger partial charge in [0.1, 0.15) is 6.33 Å². The lowest BCUT2D eigenvalue weighted by molar-refractivity contribution is -0.133. The van der Waals surface area contributed by atoms with E-state index < -0.39 is 0 Å². The zero-order chi connectivity index (χ0) is 14.9. The van der Waals surface area contributed by atoms with E-state index in [1.54, 1.807) is 0 Å². The van der Waals surface area contributed by atoms with E-state index in [2.05, 4.69) is 20.1 Å². The van der Waals surface area contributed by atoms with Crippen molar-refractivity contribution >= 4 is 11.9 Å². The first-order valence-corrected chi connectivity index (χ1v) is 8.30. The van der Waals surface area contributed by atoms with Gasteiger partial charge in [0.15, 0.2) is 0 Å². The molecule has 0 spiro atoms. The molecule has 3 heterocycles. The molecule has 3 aliphatic rings. The van der Waals surface area contributed by atoms with Crippen molar-refractivity contribution in [3.05, 3.63) is 6.33 Å². The average molecular weight is 305 g/mol. The van der Waals surface area contributed by atoms with Gasteiger partial charge in [0.2, 0.25) is 11.9 Å². The highest BCUT2D eigenvalue weighted by molar-refractivity contribution is 5.82. The largest absolute Gasteiger partial charge is 0.381 e. The molecule has 0 aromatic carbocycles. The summed E-state index contributed by atoms with van der Waals surface area (Å²) in [5.41, 5.74) is 0. The van der Waals surface area contributed by atoms with Crippen molar-refractivity contribution in [3.63, 3.8) is 0 Å². The topological polar surface area (TPSA) is 74.3 Å². The molecule has 7 heteroatoms. The first-order valence-electron chi connectivity index (χ1n) is 8.30. The Morgan fingerprint density at radius 2 is 2.00 bits per heavy atom. The van der Waals surface area contributed by atoms with Gasteiger partial charge >= 0.3 is 0 Å². The quantitative estimate of drug-likeness (QED) is 0.881. The van der Waals surface area contributed by atoms with E-state index in [1.165, 1.54) is 6.33 Å². The van der Waals surface area contributed by atoms with Crippen LogP contribution in [0.25, 0.3) is 0 Å². The third-order valence-electron chi connectivity index (χ3n) is 5.32. The number of hydrogen-bond acceptors (Lipinski definition) is 5. The molecule has 0 bridgehead atoms. The summed E-state index contributed by atoms with van der Waals surface area (Å²) in [6.07, 6.45) is 4.88. The molecule has 1 aromatic heterocycles. The minimum Gasteiger partial charge on any atom is -0.381 e. The number of nitrogens with zero attached hydrogens (tertiary/aromatic N) is 4. The predicted octanol–water partition coefficient (Wildman–Crippen LogP) is 0.516. The van der Waals surface area contributed by atoms with Crippen LogP contribution < -0.4 is 4.90 Å². The van der Waals surface area contributed by atoms with E-state index in [0.717, 1.165) is 64.6 Å². The molecule has 0 radical (unpaired) electrons. The fourth-order valence-corrected chi connectivity index (χ4v) is 3.89. The first kappa shape index (κ1) is 14.0. The number of hydrogen-bond donors (Lipinski definition) is 1. The smallest absolute Gasteiger partial charge is 0.226 e. The van der Waals surface area contributed by atoms with E-state index in [-0.39, 0.29) is 5.92 Å². The highest BCUT2D eigenvalue weighted by Gasteiger charge is 2.49. The summed E-state index contributed by atoms with van der Waals surface area (Å²) < 4.78 is 5.42. The highest BCUT2D eigenvalue weighted by atomic mass is 16.5. The van der Waals surface area contributed by atoms with Crippen molar-refractivity contribution in [2.45, 2.75) is 19.3 Å². The van der Waals surface area contributed by atoms with Crippen LogP contribution in [0, 0.1) is 17.8 Å². The summed E-state index contributed by atoms with van der Waals surface area (Å²) in [6, 6.07) is 0. The summed E-state index contributed by atoms with van der Waals surface area (Å²) in [6.45, 7) is 4.98. The summed E-state index contributed by atoms with van der Waals surface area (Å²) in [7, 11) is 0. The van der Waals surface area contributed by atoms with E-state index in [9.17, 15) is 4.79 Å². The molecular formula is C15H23N5O2. The van der Waals surface area contributed by atoms with E-state index in [4.69, 9.17) is 4.74 Å². The van der Waals surface area contributed by atoms with Crippen LogP contribution in [-0.2, 0) is 9.53 Å². The minimum atomic E-state index is 0.278. The normalized spacial score (nSPS) is 29.6. The van der Waals surface area contributed by atoms with Gasteiger partial charge in [-0.3, -0.25) is 4.79 Å². The van der Waals surface area contributed by atoms with Gasteiger partial charge in [-0.25, -0.2) is 5.10 Å². The molecule has 2 atom stereocenters. The van der Waals surface area contributed by atoms with Gasteiger partial charge in [0.25, 0.3) is 0 Å². The van der Waals surface area contributed by atoms with Crippen LogP contribution in [0.5, 0.6) is 0 Å². The second kappa shape index (κ2) is 5.87. The third kappa shape index (κ3) is 2.69. The Labute approximate surface area is 130 Å². The summed E-state index contributed by atoms with van der Waals surface area (Å²) >= 11 is 0. The van der Waals surface area contributed by atoms with Gasteiger partial charge in [-0.1, -0.05) is 0 Å². The molecule has 120 valence electrons. The zero-order valence-corrected chi connectivity index (χ0v) is 12.8. The number of carbonyl (C=O) groups excluding carboxylic acids is 1. The fourth-order valence-electron chi connectivity index (χ4n) is 3.89. The monoisotopic (exact) mass is 305 g/mol. The minimum absolute atomic E-state index is 0.278. The van der Waals surface area contributed by atoms with Crippen LogP contribution in [0.3, 0.4) is 0 Å². The van der Waals surface area contributed by atoms with Gasteiger partial charge in [0.05, 0.1) is 0 Å². The number of anilines is 1. The number of aromatic amines is 1. The average Bonchev–Trinajstić information content (AvgIpc) is 3.20. The van der Waals surface area contributed by atoms with Crippen molar-refractivity contribution in [3.8, 4) is 0 Å². The van der Waals surface area contributed by atoms with Crippen molar-refractivity contribution in [1.29, 1.82) is 0 Å². The van der Waals surface area contributed by atoms with Gasteiger partial charge < -0.3 is 14.5 Å². The molecule has 22 heavy (non-hydrogen) atoms. The molecule has 1 aliphatic carbocycles. The lowest BCUT2D eigenvalue weighted by Crippen LogP contribution is -2.49. The SMILES string of the molecule is O=C([C@@H]1C[C@H]1C1CCOCC1)N1CCN(c2ncn[nH]2)CC1. The van der Waals surface area contributed by atoms with Crippen molar-refractivity contribution in [2.75, 3.05) is 44.3 Å². The predicted molar refractivity (Wildman–Crippen MR) is 80.3 cm³/mol. The Hall–Kier alpha value is -1.63. The number of nitrogens with one attached hydrogen (secondary N) is 1. The lowest BCUT2D eigenvalue weighted by Gasteiger charge is -2.34. The molecule has 1 aromatic rings. The van der Waals surface area contributed by atoms with Crippen LogP contribution in [0.2, 0.25) is 0 Å². The Morgan fingerprint density at radius 3 is 2.68 bits per heavy atom. The molecule has 7 nitrogen and oxygen atoms in total. The number of carbonyl (C=O) groups is 1. The molecule has 0 unspecified atom stereocenters. The Kier molecular flexibility index (Phi) is 3.73. The number of rotatable bonds is 3. The second-order valence-electron chi connectivity index (χ2n) is 6.58. The number of aromatic nitrogens is 3. The maximum absolute atomic E-state index is 12.6. The molecule has 4 rings (SSSR count). The molecule has 3 fully saturated rings. The van der Waals surface area contributed by atoms with Crippen molar-refractivity contribution in [1.82, 2.24) is 20.1 Å². The van der Waals surface area contributed by atoms with Crippen LogP contribution in [0.1, 0.15) is 19.3 Å². The third-order valence-corrected chi connectivity index (χ3v) is 5.32. The summed E-state index contributed by atoms with van der Waals surface area (Å²) in [5, 5.41) is 6.77. The van der Waals surface area contributed by atoms with Gasteiger partial charge in [-0.05, 0) is 31.1 Å². The maximum atomic E-state index is 12.6. The van der Waals surface area contributed by atoms with E-state index in [1.807, 2.05) is 4.90 Å². The number of ether oxygens (including phenoxy) is 1. The van der Waals surface area contributed by atoms with Crippen molar-refractivity contribution in [2.24, 2.45) is 17.8 Å². The summed E-state index contributed by atoms with van der Waals surface area (Å²) in [4.78, 5) is 21.0. The van der Waals surface area contributed by atoms with E-state index >= 15 is 0 Å². The molecule has 1 amide bonds. The molecular weight excluding hydrogens is 282 g/mol.